The number of quaternary nitrogens is 1. The van der Waals surface area contributed by atoms with Crippen molar-refractivity contribution in [2.24, 2.45) is 5.73 Å². The van der Waals surface area contributed by atoms with Gasteiger partial charge < -0.3 is 22.6 Å². The molecule has 0 rings (SSSR count). The number of unbranched alkanes of at least 4 members (excludes halogenated alkanes) is 9. The third kappa shape index (κ3) is 16.3. The van der Waals surface area contributed by atoms with Gasteiger partial charge in [0.05, 0.1) is 27.2 Å². The molecule has 0 bridgehead atoms. The molecule has 0 aromatic carbocycles. The Kier molecular flexibility index (Phi) is 17.5. The monoisotopic (exact) mass is 306 g/mol. The fourth-order valence-corrected chi connectivity index (χ4v) is 2.66. The first-order chi connectivity index (χ1) is 9.12. The van der Waals surface area contributed by atoms with Gasteiger partial charge in [-0.25, -0.2) is 0 Å². The average Bonchev–Trinajstić information content (AvgIpc) is 2.38. The van der Waals surface area contributed by atoms with Gasteiger partial charge in [0.2, 0.25) is 0 Å². The molecule has 0 fully saturated rings. The molecule has 2 N–H and O–H groups in total. The van der Waals surface area contributed by atoms with Crippen molar-refractivity contribution in [1.82, 2.24) is 0 Å². The van der Waals surface area contributed by atoms with Crippen LogP contribution < -0.4 is 18.1 Å². The summed E-state index contributed by atoms with van der Waals surface area (Å²) in [5.74, 6) is 0. The van der Waals surface area contributed by atoms with Crippen molar-refractivity contribution in [2.45, 2.75) is 77.6 Å². The minimum Gasteiger partial charge on any atom is -1.00 e. The molecule has 2 nitrogen and oxygen atoms in total. The Bertz CT molecular complexity index is 184. The molecule has 20 heavy (non-hydrogen) atoms. The third-order valence-corrected chi connectivity index (χ3v) is 4.08. The number of rotatable bonds is 14. The van der Waals surface area contributed by atoms with E-state index >= 15 is 0 Å². The molecule has 0 aliphatic rings. The number of nitrogens with two attached hydrogens (primary N) is 1. The first kappa shape index (κ1) is 22.5. The lowest BCUT2D eigenvalue weighted by Gasteiger charge is -2.29. The van der Waals surface area contributed by atoms with E-state index in [-0.39, 0.29) is 12.4 Å². The van der Waals surface area contributed by atoms with Gasteiger partial charge in [-0.05, 0) is 19.4 Å². The van der Waals surface area contributed by atoms with Crippen LogP contribution in [0, 0.1) is 0 Å². The van der Waals surface area contributed by atoms with Crippen molar-refractivity contribution in [2.75, 3.05) is 33.7 Å². The van der Waals surface area contributed by atoms with Gasteiger partial charge in [0.15, 0.2) is 0 Å². The zero-order chi connectivity index (χ0) is 14.4. The zero-order valence-electron chi connectivity index (χ0n) is 14.3. The Hall–Kier alpha value is 0.210. The fraction of sp³-hybridized carbons (Fsp3) is 1.00. The molecular weight excluding hydrogens is 268 g/mol. The summed E-state index contributed by atoms with van der Waals surface area (Å²) in [5, 5.41) is 0. The molecule has 0 spiro atoms. The smallest absolute Gasteiger partial charge is 0.0794 e. The van der Waals surface area contributed by atoms with Crippen LogP contribution >= 0.6 is 0 Å². The quantitative estimate of drug-likeness (QED) is 0.380. The van der Waals surface area contributed by atoms with Crippen LogP contribution in [0.4, 0.5) is 0 Å². The van der Waals surface area contributed by atoms with Gasteiger partial charge in [0.1, 0.15) is 0 Å². The second-order valence-electron chi connectivity index (χ2n) is 6.71. The van der Waals surface area contributed by atoms with E-state index < -0.39 is 0 Å². The van der Waals surface area contributed by atoms with Gasteiger partial charge in [-0.3, -0.25) is 0 Å². The number of hydrogen-bond acceptors (Lipinski definition) is 1. The highest BCUT2D eigenvalue weighted by Crippen LogP contribution is 2.11. The van der Waals surface area contributed by atoms with Crippen LogP contribution in [0.15, 0.2) is 0 Å². The highest BCUT2D eigenvalue weighted by Gasteiger charge is 2.12. The van der Waals surface area contributed by atoms with E-state index in [9.17, 15) is 0 Å². The van der Waals surface area contributed by atoms with Crippen molar-refractivity contribution >= 4 is 0 Å². The van der Waals surface area contributed by atoms with Crippen LogP contribution in [0.1, 0.15) is 77.6 Å². The Morgan fingerprint density at radius 3 is 1.50 bits per heavy atom. The lowest BCUT2D eigenvalue weighted by molar-refractivity contribution is -0.890. The maximum Gasteiger partial charge on any atom is 0.0794 e. The van der Waals surface area contributed by atoms with Crippen molar-refractivity contribution in [1.29, 1.82) is 0 Å². The highest BCUT2D eigenvalue weighted by molar-refractivity contribution is 4.48. The van der Waals surface area contributed by atoms with Crippen LogP contribution in [0.25, 0.3) is 0 Å². The molecule has 0 aromatic rings. The first-order valence-electron chi connectivity index (χ1n) is 8.64. The van der Waals surface area contributed by atoms with Gasteiger partial charge in [-0.15, -0.1) is 0 Å². The molecule has 0 radical (unpaired) electrons. The van der Waals surface area contributed by atoms with Crippen LogP contribution in [-0.2, 0) is 0 Å². The van der Waals surface area contributed by atoms with Crippen LogP contribution in [0.5, 0.6) is 0 Å². The summed E-state index contributed by atoms with van der Waals surface area (Å²) in [6.07, 6.45) is 15.4. The lowest BCUT2D eigenvalue weighted by atomic mass is 10.1. The molecule has 0 aliphatic carbocycles. The molecule has 0 heterocycles. The maximum absolute atomic E-state index is 5.58. The summed E-state index contributed by atoms with van der Waals surface area (Å²) in [7, 11) is 4.67. The van der Waals surface area contributed by atoms with E-state index in [1.165, 1.54) is 77.3 Å². The molecule has 0 aliphatic heterocycles. The largest absolute Gasteiger partial charge is 1.00 e. The third-order valence-electron chi connectivity index (χ3n) is 4.08. The summed E-state index contributed by atoms with van der Waals surface area (Å²) in [4.78, 5) is 0. The van der Waals surface area contributed by atoms with Crippen LogP contribution in [0.3, 0.4) is 0 Å². The molecular formula is C17H39ClN2. The second kappa shape index (κ2) is 15.6. The molecule has 3 heteroatoms. The van der Waals surface area contributed by atoms with Crippen molar-refractivity contribution in [3.8, 4) is 0 Å². The van der Waals surface area contributed by atoms with Gasteiger partial charge in [0, 0.05) is 6.42 Å². The highest BCUT2D eigenvalue weighted by atomic mass is 35.5. The fourth-order valence-electron chi connectivity index (χ4n) is 2.66. The Morgan fingerprint density at radius 1 is 0.650 bits per heavy atom. The van der Waals surface area contributed by atoms with Gasteiger partial charge in [0.25, 0.3) is 0 Å². The van der Waals surface area contributed by atoms with E-state index in [1.54, 1.807) is 0 Å². The van der Waals surface area contributed by atoms with Crippen molar-refractivity contribution in [3.05, 3.63) is 0 Å². The average molecular weight is 307 g/mol. The minimum atomic E-state index is 0. The van der Waals surface area contributed by atoms with Gasteiger partial charge >= 0.3 is 0 Å². The van der Waals surface area contributed by atoms with E-state index in [2.05, 4.69) is 21.0 Å². The Morgan fingerprint density at radius 2 is 1.05 bits per heavy atom. The van der Waals surface area contributed by atoms with Gasteiger partial charge in [-0.1, -0.05) is 58.3 Å². The Labute approximate surface area is 134 Å². The molecule has 0 saturated carbocycles. The molecule has 0 amide bonds. The molecule has 0 saturated heterocycles. The lowest BCUT2D eigenvalue weighted by Crippen LogP contribution is -3.00. The second-order valence-corrected chi connectivity index (χ2v) is 6.71. The van der Waals surface area contributed by atoms with Crippen LogP contribution in [-0.4, -0.2) is 38.2 Å². The summed E-state index contributed by atoms with van der Waals surface area (Å²) in [6.45, 7) is 5.66. The van der Waals surface area contributed by atoms with E-state index in [0.717, 1.165) is 17.4 Å². The standard InChI is InChI=1S/C17H39N2.ClH/c1-4-5-6-7-8-9-10-11-12-13-16-19(2,3)17-14-15-18;/h4-18H2,1-3H3;1H/q+1;/p-1. The Balaban J connectivity index is 0. The van der Waals surface area contributed by atoms with Gasteiger partial charge in [-0.2, -0.15) is 0 Å². The van der Waals surface area contributed by atoms with E-state index in [0.29, 0.717) is 0 Å². The van der Waals surface area contributed by atoms with Crippen molar-refractivity contribution < 1.29 is 16.9 Å². The van der Waals surface area contributed by atoms with Crippen molar-refractivity contribution in [3.63, 3.8) is 0 Å². The maximum atomic E-state index is 5.58. The normalized spacial score (nSPS) is 11.4. The minimum absolute atomic E-state index is 0. The summed E-state index contributed by atoms with van der Waals surface area (Å²) in [6, 6.07) is 0. The summed E-state index contributed by atoms with van der Waals surface area (Å²) >= 11 is 0. The molecule has 0 unspecified atom stereocenters. The predicted octanol–water partition coefficient (Wildman–Crippen LogP) is 1.34. The topological polar surface area (TPSA) is 26.0 Å². The number of nitrogens with zero attached hydrogens (tertiary/aromatic N) is 1. The van der Waals surface area contributed by atoms with Crippen LogP contribution in [0.2, 0.25) is 0 Å². The molecule has 124 valence electrons. The predicted molar refractivity (Wildman–Crippen MR) is 87.4 cm³/mol. The van der Waals surface area contributed by atoms with E-state index in [4.69, 9.17) is 5.73 Å². The summed E-state index contributed by atoms with van der Waals surface area (Å²) < 4.78 is 1.15. The zero-order valence-corrected chi connectivity index (χ0v) is 15.1. The molecule has 0 aromatic heterocycles. The number of halogens is 1. The summed E-state index contributed by atoms with van der Waals surface area (Å²) in [5.41, 5.74) is 5.58. The SMILES string of the molecule is CCCCCCCCCCCC[N+](C)(C)CCCN.[Cl-]. The first-order valence-corrected chi connectivity index (χ1v) is 8.64. The number of hydrogen-bond donors (Lipinski definition) is 1. The molecule has 0 atom stereocenters. The van der Waals surface area contributed by atoms with E-state index in [1.807, 2.05) is 0 Å².